The minimum atomic E-state index is 0.659. The molecule has 1 fully saturated rings. The van der Waals surface area contributed by atoms with Crippen LogP contribution in [0.3, 0.4) is 0 Å². The summed E-state index contributed by atoms with van der Waals surface area (Å²) in [4.78, 5) is 0. The summed E-state index contributed by atoms with van der Waals surface area (Å²) >= 11 is 1.69. The molecule has 2 rings (SSSR count). The van der Waals surface area contributed by atoms with Crippen LogP contribution < -0.4 is 0 Å². The number of nitrogens with zero attached hydrogens (tertiary/aromatic N) is 3. The molecule has 3 nitrogen and oxygen atoms in total. The van der Waals surface area contributed by atoms with Gasteiger partial charge in [0.05, 0.1) is 0 Å². The van der Waals surface area contributed by atoms with Crippen molar-refractivity contribution >= 4 is 11.8 Å². The summed E-state index contributed by atoms with van der Waals surface area (Å²) in [7, 11) is 0. The van der Waals surface area contributed by atoms with Gasteiger partial charge >= 0.3 is 0 Å². The molecule has 0 amide bonds. The molecule has 0 atom stereocenters. The molecule has 15 heavy (non-hydrogen) atoms. The van der Waals surface area contributed by atoms with Gasteiger partial charge in [0.2, 0.25) is 0 Å². The Hall–Kier alpha value is -0.510. The lowest BCUT2D eigenvalue weighted by Crippen LogP contribution is -2.12. The third-order valence-electron chi connectivity index (χ3n) is 3.21. The SMILES string of the molecule is CCn1c(SC)nnc1C1CCCCC1. The average Bonchev–Trinajstić information content (AvgIpc) is 2.72. The van der Waals surface area contributed by atoms with E-state index in [9.17, 15) is 0 Å². The van der Waals surface area contributed by atoms with E-state index >= 15 is 0 Å². The van der Waals surface area contributed by atoms with E-state index in [1.54, 1.807) is 11.8 Å². The maximum atomic E-state index is 4.37. The first-order valence-corrected chi connectivity index (χ1v) is 7.06. The Morgan fingerprint density at radius 2 is 2.00 bits per heavy atom. The monoisotopic (exact) mass is 225 g/mol. The fourth-order valence-corrected chi connectivity index (χ4v) is 2.98. The van der Waals surface area contributed by atoms with Crippen molar-refractivity contribution in [2.75, 3.05) is 6.26 Å². The number of rotatable bonds is 3. The van der Waals surface area contributed by atoms with Crippen molar-refractivity contribution in [2.24, 2.45) is 0 Å². The fraction of sp³-hybridized carbons (Fsp3) is 0.818. The van der Waals surface area contributed by atoms with E-state index in [1.807, 2.05) is 0 Å². The van der Waals surface area contributed by atoms with E-state index in [2.05, 4.69) is 27.9 Å². The number of aromatic nitrogens is 3. The van der Waals surface area contributed by atoms with Crippen molar-refractivity contribution in [1.29, 1.82) is 0 Å². The van der Waals surface area contributed by atoms with Gasteiger partial charge in [0.1, 0.15) is 5.82 Å². The molecule has 0 unspecified atom stereocenters. The molecule has 1 aromatic rings. The molecule has 1 saturated carbocycles. The van der Waals surface area contributed by atoms with Gasteiger partial charge in [0.15, 0.2) is 5.16 Å². The number of hydrogen-bond donors (Lipinski definition) is 0. The Labute approximate surface area is 95.7 Å². The quantitative estimate of drug-likeness (QED) is 0.741. The predicted molar refractivity (Wildman–Crippen MR) is 63.3 cm³/mol. The zero-order valence-electron chi connectivity index (χ0n) is 9.57. The van der Waals surface area contributed by atoms with E-state index in [1.165, 1.54) is 37.9 Å². The van der Waals surface area contributed by atoms with Crippen LogP contribution in [0.25, 0.3) is 0 Å². The first-order chi connectivity index (χ1) is 7.36. The third kappa shape index (κ3) is 2.19. The summed E-state index contributed by atoms with van der Waals surface area (Å²) in [6, 6.07) is 0. The maximum Gasteiger partial charge on any atom is 0.190 e. The second-order valence-electron chi connectivity index (χ2n) is 4.12. The molecule has 1 heterocycles. The molecule has 0 N–H and O–H groups in total. The van der Waals surface area contributed by atoms with Gasteiger partial charge in [-0.3, -0.25) is 0 Å². The summed E-state index contributed by atoms with van der Waals surface area (Å²) < 4.78 is 2.28. The second-order valence-corrected chi connectivity index (χ2v) is 4.90. The van der Waals surface area contributed by atoms with E-state index in [4.69, 9.17) is 0 Å². The lowest BCUT2D eigenvalue weighted by Gasteiger charge is -2.21. The zero-order valence-corrected chi connectivity index (χ0v) is 10.4. The molecular weight excluding hydrogens is 206 g/mol. The van der Waals surface area contributed by atoms with E-state index < -0.39 is 0 Å². The van der Waals surface area contributed by atoms with Crippen molar-refractivity contribution < 1.29 is 0 Å². The molecule has 0 aromatic carbocycles. The molecule has 0 spiro atoms. The van der Waals surface area contributed by atoms with Gasteiger partial charge in [0, 0.05) is 12.5 Å². The summed E-state index contributed by atoms with van der Waals surface area (Å²) in [5, 5.41) is 9.70. The van der Waals surface area contributed by atoms with Crippen molar-refractivity contribution in [1.82, 2.24) is 14.8 Å². The third-order valence-corrected chi connectivity index (χ3v) is 3.88. The molecule has 0 aliphatic heterocycles. The highest BCUT2D eigenvalue weighted by Crippen LogP contribution is 2.32. The topological polar surface area (TPSA) is 30.7 Å². The second kappa shape index (κ2) is 5.01. The first-order valence-electron chi connectivity index (χ1n) is 5.84. The number of thioether (sulfide) groups is 1. The zero-order chi connectivity index (χ0) is 10.7. The van der Waals surface area contributed by atoms with Gasteiger partial charge in [-0.1, -0.05) is 31.0 Å². The average molecular weight is 225 g/mol. The number of hydrogen-bond acceptors (Lipinski definition) is 3. The highest BCUT2D eigenvalue weighted by atomic mass is 32.2. The molecular formula is C11H19N3S. The Bertz CT molecular complexity index is 316. The molecule has 0 bridgehead atoms. The van der Waals surface area contributed by atoms with Crippen LogP contribution in [0.15, 0.2) is 5.16 Å². The van der Waals surface area contributed by atoms with Crippen LogP contribution >= 0.6 is 11.8 Å². The molecule has 1 aliphatic rings. The standard InChI is InChI=1S/C11H19N3S/c1-3-14-10(12-13-11(14)15-2)9-7-5-4-6-8-9/h9H,3-8H2,1-2H3. The normalized spacial score (nSPS) is 18.3. The highest BCUT2D eigenvalue weighted by molar-refractivity contribution is 7.98. The van der Waals surface area contributed by atoms with Crippen molar-refractivity contribution in [3.63, 3.8) is 0 Å². The predicted octanol–water partition coefficient (Wildman–Crippen LogP) is 3.07. The minimum absolute atomic E-state index is 0.659. The van der Waals surface area contributed by atoms with Crippen LogP contribution in [-0.2, 0) is 6.54 Å². The smallest absolute Gasteiger partial charge is 0.190 e. The largest absolute Gasteiger partial charge is 0.306 e. The summed E-state index contributed by atoms with van der Waals surface area (Å²) in [6.07, 6.45) is 8.78. The Morgan fingerprint density at radius 1 is 1.27 bits per heavy atom. The van der Waals surface area contributed by atoms with Gasteiger partial charge in [-0.15, -0.1) is 10.2 Å². The maximum absolute atomic E-state index is 4.37. The van der Waals surface area contributed by atoms with Crippen LogP contribution in [0.2, 0.25) is 0 Å². The molecule has 0 saturated heterocycles. The Morgan fingerprint density at radius 3 is 2.60 bits per heavy atom. The first kappa shape index (κ1) is 11.0. The Kier molecular flexibility index (Phi) is 3.67. The van der Waals surface area contributed by atoms with Crippen LogP contribution in [-0.4, -0.2) is 21.0 Å². The summed E-state index contributed by atoms with van der Waals surface area (Å²) in [6.45, 7) is 3.17. The van der Waals surface area contributed by atoms with Gasteiger partial charge in [-0.25, -0.2) is 0 Å². The molecule has 1 aromatic heterocycles. The van der Waals surface area contributed by atoms with Crippen molar-refractivity contribution in [3.05, 3.63) is 5.82 Å². The van der Waals surface area contributed by atoms with Gasteiger partial charge in [0.25, 0.3) is 0 Å². The van der Waals surface area contributed by atoms with Gasteiger partial charge < -0.3 is 4.57 Å². The van der Waals surface area contributed by atoms with Crippen molar-refractivity contribution in [2.45, 2.75) is 56.6 Å². The van der Waals surface area contributed by atoms with Gasteiger partial charge in [-0.2, -0.15) is 0 Å². The van der Waals surface area contributed by atoms with Crippen LogP contribution in [0.5, 0.6) is 0 Å². The van der Waals surface area contributed by atoms with E-state index in [0.29, 0.717) is 5.92 Å². The summed E-state index contributed by atoms with van der Waals surface area (Å²) in [5.41, 5.74) is 0. The van der Waals surface area contributed by atoms with E-state index in [-0.39, 0.29) is 0 Å². The van der Waals surface area contributed by atoms with Crippen molar-refractivity contribution in [3.8, 4) is 0 Å². The van der Waals surface area contributed by atoms with Crippen LogP contribution in [0.4, 0.5) is 0 Å². The molecule has 0 radical (unpaired) electrons. The van der Waals surface area contributed by atoms with Crippen LogP contribution in [0.1, 0.15) is 50.8 Å². The minimum Gasteiger partial charge on any atom is -0.306 e. The van der Waals surface area contributed by atoms with Crippen LogP contribution in [0, 0.1) is 0 Å². The molecule has 1 aliphatic carbocycles. The molecule has 84 valence electrons. The van der Waals surface area contributed by atoms with E-state index in [0.717, 1.165) is 11.7 Å². The fourth-order valence-electron chi connectivity index (χ4n) is 2.41. The lowest BCUT2D eigenvalue weighted by atomic mass is 9.89. The van der Waals surface area contributed by atoms with Gasteiger partial charge in [-0.05, 0) is 26.0 Å². The highest BCUT2D eigenvalue weighted by Gasteiger charge is 2.22. The Balaban J connectivity index is 2.22. The lowest BCUT2D eigenvalue weighted by molar-refractivity contribution is 0.413. The molecule has 4 heteroatoms. The summed E-state index contributed by atoms with van der Waals surface area (Å²) in [5.74, 6) is 1.88.